The van der Waals surface area contributed by atoms with Crippen LogP contribution in [0.1, 0.15) is 17.3 Å². The first-order valence-corrected chi connectivity index (χ1v) is 6.92. The number of hydrogen-bond acceptors (Lipinski definition) is 4. The van der Waals surface area contributed by atoms with E-state index in [0.29, 0.717) is 10.8 Å². The highest BCUT2D eigenvalue weighted by molar-refractivity contribution is 14.1. The number of amides is 1. The van der Waals surface area contributed by atoms with Crippen LogP contribution in [0.2, 0.25) is 5.02 Å². The SMILES string of the molecule is CCOC(=O)CNC(=O)c1cc(Cl)c(I)cc1OC. The maximum Gasteiger partial charge on any atom is 0.325 e. The Hall–Kier alpha value is -1.02. The maximum atomic E-state index is 11.9. The van der Waals surface area contributed by atoms with Gasteiger partial charge in [0.25, 0.3) is 5.91 Å². The van der Waals surface area contributed by atoms with Crippen molar-refractivity contribution in [2.75, 3.05) is 20.3 Å². The molecule has 0 saturated heterocycles. The van der Waals surface area contributed by atoms with Crippen LogP contribution in [-0.4, -0.2) is 32.1 Å². The van der Waals surface area contributed by atoms with E-state index in [0.717, 1.165) is 3.57 Å². The summed E-state index contributed by atoms with van der Waals surface area (Å²) in [7, 11) is 1.46. The lowest BCUT2D eigenvalue weighted by molar-refractivity contribution is -0.141. The summed E-state index contributed by atoms with van der Waals surface area (Å²) >= 11 is 8.00. The predicted molar refractivity (Wildman–Crippen MR) is 79.7 cm³/mol. The molecule has 0 aliphatic rings. The normalized spacial score (nSPS) is 9.89. The van der Waals surface area contributed by atoms with Gasteiger partial charge in [-0.25, -0.2) is 0 Å². The van der Waals surface area contributed by atoms with E-state index in [1.165, 1.54) is 13.2 Å². The predicted octanol–water partition coefficient (Wildman–Crippen LogP) is 2.25. The van der Waals surface area contributed by atoms with E-state index < -0.39 is 11.9 Å². The quantitative estimate of drug-likeness (QED) is 0.611. The molecule has 1 aromatic carbocycles. The topological polar surface area (TPSA) is 64.6 Å². The summed E-state index contributed by atoms with van der Waals surface area (Å²) in [6.45, 7) is 1.77. The third-order valence-electron chi connectivity index (χ3n) is 2.19. The number of benzene rings is 1. The number of carbonyl (C=O) groups excluding carboxylic acids is 2. The standard InChI is InChI=1S/C12H13ClINO4/c1-3-19-11(16)6-15-12(17)7-4-8(13)9(14)5-10(7)18-2/h4-5H,3,6H2,1-2H3,(H,15,17). The van der Waals surface area contributed by atoms with E-state index in [1.54, 1.807) is 13.0 Å². The minimum atomic E-state index is -0.494. The van der Waals surface area contributed by atoms with Crippen LogP contribution in [0.3, 0.4) is 0 Å². The first-order valence-electron chi connectivity index (χ1n) is 5.46. The molecule has 0 aliphatic heterocycles. The molecule has 0 fully saturated rings. The largest absolute Gasteiger partial charge is 0.496 e. The molecule has 0 aromatic heterocycles. The smallest absolute Gasteiger partial charge is 0.325 e. The van der Waals surface area contributed by atoms with Crippen LogP contribution in [0.4, 0.5) is 0 Å². The molecule has 1 aromatic rings. The number of carbonyl (C=O) groups is 2. The van der Waals surface area contributed by atoms with Crippen LogP contribution in [0.5, 0.6) is 5.75 Å². The highest BCUT2D eigenvalue weighted by Gasteiger charge is 2.16. The van der Waals surface area contributed by atoms with Crippen molar-refractivity contribution in [2.45, 2.75) is 6.92 Å². The molecule has 7 heteroatoms. The lowest BCUT2D eigenvalue weighted by atomic mass is 10.2. The first kappa shape index (κ1) is 16.0. The summed E-state index contributed by atoms with van der Waals surface area (Å²) in [4.78, 5) is 23.1. The van der Waals surface area contributed by atoms with Crippen molar-refractivity contribution in [1.29, 1.82) is 0 Å². The molecule has 1 amide bonds. The van der Waals surface area contributed by atoms with Crippen molar-refractivity contribution in [2.24, 2.45) is 0 Å². The zero-order valence-electron chi connectivity index (χ0n) is 10.5. The second-order valence-corrected chi connectivity index (χ2v) is 5.02. The highest BCUT2D eigenvalue weighted by Crippen LogP contribution is 2.28. The number of methoxy groups -OCH3 is 1. The van der Waals surface area contributed by atoms with Crippen molar-refractivity contribution < 1.29 is 19.1 Å². The summed E-state index contributed by atoms with van der Waals surface area (Å²) in [5.74, 6) is -0.537. The fourth-order valence-corrected chi connectivity index (χ4v) is 1.94. The van der Waals surface area contributed by atoms with E-state index in [2.05, 4.69) is 5.32 Å². The Morgan fingerprint density at radius 3 is 2.68 bits per heavy atom. The molecule has 0 atom stereocenters. The Bertz CT molecular complexity index is 493. The first-order chi connectivity index (χ1) is 8.99. The molecule has 0 saturated carbocycles. The summed E-state index contributed by atoms with van der Waals surface area (Å²) in [6, 6.07) is 3.16. The van der Waals surface area contributed by atoms with E-state index in [-0.39, 0.29) is 18.7 Å². The number of halogens is 2. The molecule has 19 heavy (non-hydrogen) atoms. The van der Waals surface area contributed by atoms with Gasteiger partial charge in [0.2, 0.25) is 0 Å². The minimum Gasteiger partial charge on any atom is -0.496 e. The molecular weight excluding hydrogens is 384 g/mol. The maximum absolute atomic E-state index is 11.9. The van der Waals surface area contributed by atoms with Gasteiger partial charge in [0.15, 0.2) is 0 Å². The van der Waals surface area contributed by atoms with E-state index in [9.17, 15) is 9.59 Å². The van der Waals surface area contributed by atoms with E-state index in [1.807, 2.05) is 22.6 Å². The van der Waals surface area contributed by atoms with Crippen molar-refractivity contribution in [3.05, 3.63) is 26.3 Å². The summed E-state index contributed by atoms with van der Waals surface area (Å²) in [6.07, 6.45) is 0. The average Bonchev–Trinajstić information content (AvgIpc) is 2.39. The van der Waals surface area contributed by atoms with Gasteiger partial charge in [-0.15, -0.1) is 0 Å². The van der Waals surface area contributed by atoms with E-state index >= 15 is 0 Å². The molecule has 0 aliphatic carbocycles. The number of ether oxygens (including phenoxy) is 2. The van der Waals surface area contributed by atoms with E-state index in [4.69, 9.17) is 21.1 Å². The van der Waals surface area contributed by atoms with Crippen LogP contribution < -0.4 is 10.1 Å². The van der Waals surface area contributed by atoms with Crippen LogP contribution in [0.25, 0.3) is 0 Å². The van der Waals surface area contributed by atoms with Gasteiger partial charge in [-0.2, -0.15) is 0 Å². The van der Waals surface area contributed by atoms with Gasteiger partial charge < -0.3 is 14.8 Å². The van der Waals surface area contributed by atoms with Crippen molar-refractivity contribution in [3.8, 4) is 5.75 Å². The summed E-state index contributed by atoms with van der Waals surface area (Å²) in [5, 5.41) is 2.90. The Labute approximate surface area is 129 Å². The minimum absolute atomic E-state index is 0.195. The Morgan fingerprint density at radius 1 is 1.42 bits per heavy atom. The summed E-state index contributed by atoms with van der Waals surface area (Å²) in [5.41, 5.74) is 0.275. The van der Waals surface area contributed by atoms with Crippen LogP contribution in [-0.2, 0) is 9.53 Å². The number of nitrogens with one attached hydrogen (secondary N) is 1. The Morgan fingerprint density at radius 2 is 2.11 bits per heavy atom. The van der Waals surface area contributed by atoms with Crippen LogP contribution in [0.15, 0.2) is 12.1 Å². The van der Waals surface area contributed by atoms with Gasteiger partial charge in [-0.1, -0.05) is 11.6 Å². The summed E-state index contributed by atoms with van der Waals surface area (Å²) < 4.78 is 10.6. The second-order valence-electron chi connectivity index (χ2n) is 3.45. The molecule has 0 spiro atoms. The lowest BCUT2D eigenvalue weighted by Gasteiger charge is -2.10. The van der Waals surface area contributed by atoms with Crippen molar-refractivity contribution >= 4 is 46.1 Å². The number of esters is 1. The van der Waals surface area contributed by atoms with Crippen molar-refractivity contribution in [1.82, 2.24) is 5.32 Å². The number of hydrogen-bond donors (Lipinski definition) is 1. The molecule has 0 bridgehead atoms. The Kier molecular flexibility index (Phi) is 6.36. The zero-order valence-corrected chi connectivity index (χ0v) is 13.4. The molecule has 104 valence electrons. The molecule has 0 radical (unpaired) electrons. The second kappa shape index (κ2) is 7.54. The van der Waals surface area contributed by atoms with Gasteiger partial charge in [0.1, 0.15) is 12.3 Å². The average molecular weight is 398 g/mol. The molecule has 1 N–H and O–H groups in total. The van der Waals surface area contributed by atoms with Gasteiger partial charge >= 0.3 is 5.97 Å². The van der Waals surface area contributed by atoms with Gasteiger partial charge in [-0.3, -0.25) is 9.59 Å². The number of rotatable bonds is 5. The van der Waals surface area contributed by atoms with Crippen LogP contribution in [0, 0.1) is 3.57 Å². The van der Waals surface area contributed by atoms with Gasteiger partial charge in [0, 0.05) is 3.57 Å². The molecular formula is C12H13ClINO4. The van der Waals surface area contributed by atoms with Gasteiger partial charge in [0.05, 0.1) is 24.3 Å². The van der Waals surface area contributed by atoms with Crippen molar-refractivity contribution in [3.63, 3.8) is 0 Å². The zero-order chi connectivity index (χ0) is 14.4. The van der Waals surface area contributed by atoms with Crippen LogP contribution >= 0.6 is 34.2 Å². The highest BCUT2D eigenvalue weighted by atomic mass is 127. The molecule has 5 nitrogen and oxygen atoms in total. The fourth-order valence-electron chi connectivity index (χ4n) is 1.33. The molecule has 0 heterocycles. The third-order valence-corrected chi connectivity index (χ3v) is 3.71. The molecule has 1 rings (SSSR count). The third kappa shape index (κ3) is 4.54. The monoisotopic (exact) mass is 397 g/mol. The lowest BCUT2D eigenvalue weighted by Crippen LogP contribution is -2.30. The Balaban J connectivity index is 2.82. The van der Waals surface area contributed by atoms with Gasteiger partial charge in [-0.05, 0) is 41.6 Å². The molecule has 0 unspecified atom stereocenters. The fraction of sp³-hybridized carbons (Fsp3) is 0.333.